The molecule has 3 unspecified atom stereocenters. The van der Waals surface area contributed by atoms with Crippen molar-refractivity contribution >= 4 is 5.91 Å². The van der Waals surface area contributed by atoms with Crippen LogP contribution < -0.4 is 5.73 Å². The number of hydrogen-bond acceptors (Lipinski definition) is 2. The molecule has 1 aliphatic carbocycles. The summed E-state index contributed by atoms with van der Waals surface area (Å²) in [6.45, 7) is 11.5. The Morgan fingerprint density at radius 3 is 2.32 bits per heavy atom. The van der Waals surface area contributed by atoms with Gasteiger partial charge in [-0.3, -0.25) is 4.79 Å². The van der Waals surface area contributed by atoms with Gasteiger partial charge in [0.25, 0.3) is 0 Å². The van der Waals surface area contributed by atoms with Crippen LogP contribution in [0.15, 0.2) is 0 Å². The van der Waals surface area contributed by atoms with Crippen molar-refractivity contribution in [2.75, 3.05) is 6.54 Å². The standard InChI is InChI=1S/C16H32N2O/c1-11(2)10-18(12(3)4)16(19)13(5)14-7-6-8-15(17)9-14/h11-15H,6-10,17H2,1-5H3. The van der Waals surface area contributed by atoms with E-state index in [1.165, 1.54) is 6.42 Å². The van der Waals surface area contributed by atoms with Gasteiger partial charge in [-0.05, 0) is 44.9 Å². The first-order valence-electron chi connectivity index (χ1n) is 7.89. The molecule has 0 aliphatic heterocycles. The molecule has 112 valence electrons. The van der Waals surface area contributed by atoms with Gasteiger partial charge in [-0.2, -0.15) is 0 Å². The Kier molecular flexibility index (Phi) is 6.31. The van der Waals surface area contributed by atoms with E-state index in [4.69, 9.17) is 5.73 Å². The smallest absolute Gasteiger partial charge is 0.225 e. The van der Waals surface area contributed by atoms with Gasteiger partial charge in [-0.25, -0.2) is 0 Å². The zero-order valence-electron chi connectivity index (χ0n) is 13.4. The summed E-state index contributed by atoms with van der Waals surface area (Å²) >= 11 is 0. The van der Waals surface area contributed by atoms with E-state index < -0.39 is 0 Å². The second kappa shape index (κ2) is 7.28. The number of carbonyl (C=O) groups excluding carboxylic acids is 1. The fourth-order valence-corrected chi connectivity index (χ4v) is 3.13. The minimum Gasteiger partial charge on any atom is -0.340 e. The predicted molar refractivity (Wildman–Crippen MR) is 80.8 cm³/mol. The van der Waals surface area contributed by atoms with Crippen LogP contribution in [0.3, 0.4) is 0 Å². The van der Waals surface area contributed by atoms with E-state index in [1.807, 2.05) is 0 Å². The highest BCUT2D eigenvalue weighted by Crippen LogP contribution is 2.31. The zero-order chi connectivity index (χ0) is 14.6. The van der Waals surface area contributed by atoms with Gasteiger partial charge >= 0.3 is 0 Å². The second-order valence-corrected chi connectivity index (χ2v) is 6.95. The molecule has 0 aromatic heterocycles. The van der Waals surface area contributed by atoms with Gasteiger partial charge in [0.1, 0.15) is 0 Å². The van der Waals surface area contributed by atoms with Crippen LogP contribution >= 0.6 is 0 Å². The molecule has 0 heterocycles. The van der Waals surface area contributed by atoms with E-state index in [9.17, 15) is 4.79 Å². The summed E-state index contributed by atoms with van der Waals surface area (Å²) in [4.78, 5) is 14.8. The van der Waals surface area contributed by atoms with E-state index in [0.29, 0.717) is 23.8 Å². The third-order valence-electron chi connectivity index (χ3n) is 4.32. The average molecular weight is 268 g/mol. The summed E-state index contributed by atoms with van der Waals surface area (Å²) in [7, 11) is 0. The fourth-order valence-electron chi connectivity index (χ4n) is 3.13. The van der Waals surface area contributed by atoms with Crippen LogP contribution in [-0.2, 0) is 4.79 Å². The Balaban J connectivity index is 2.67. The molecule has 0 spiro atoms. The molecule has 19 heavy (non-hydrogen) atoms. The Hall–Kier alpha value is -0.570. The van der Waals surface area contributed by atoms with Crippen molar-refractivity contribution in [3.8, 4) is 0 Å². The van der Waals surface area contributed by atoms with Crippen LogP contribution in [0.4, 0.5) is 0 Å². The molecule has 1 fully saturated rings. The third kappa shape index (κ3) is 4.79. The third-order valence-corrected chi connectivity index (χ3v) is 4.32. The van der Waals surface area contributed by atoms with Crippen molar-refractivity contribution in [3.63, 3.8) is 0 Å². The summed E-state index contributed by atoms with van der Waals surface area (Å²) < 4.78 is 0. The molecule has 0 saturated heterocycles. The van der Waals surface area contributed by atoms with E-state index in [1.54, 1.807) is 0 Å². The lowest BCUT2D eigenvalue weighted by Gasteiger charge is -2.36. The van der Waals surface area contributed by atoms with Gasteiger partial charge in [0.15, 0.2) is 0 Å². The number of nitrogens with zero attached hydrogens (tertiary/aromatic N) is 1. The van der Waals surface area contributed by atoms with Crippen molar-refractivity contribution in [2.24, 2.45) is 23.5 Å². The van der Waals surface area contributed by atoms with Gasteiger partial charge in [0.2, 0.25) is 5.91 Å². The van der Waals surface area contributed by atoms with Crippen LogP contribution in [0.25, 0.3) is 0 Å². The molecule has 1 aliphatic rings. The first-order valence-corrected chi connectivity index (χ1v) is 7.89. The molecule has 0 aromatic rings. The van der Waals surface area contributed by atoms with E-state index in [0.717, 1.165) is 25.8 Å². The maximum Gasteiger partial charge on any atom is 0.225 e. The topological polar surface area (TPSA) is 46.3 Å². The van der Waals surface area contributed by atoms with E-state index in [2.05, 4.69) is 39.5 Å². The van der Waals surface area contributed by atoms with Crippen molar-refractivity contribution in [1.29, 1.82) is 0 Å². The lowest BCUT2D eigenvalue weighted by Crippen LogP contribution is -2.45. The molecule has 1 amide bonds. The van der Waals surface area contributed by atoms with Crippen LogP contribution in [0.5, 0.6) is 0 Å². The molecule has 0 bridgehead atoms. The first kappa shape index (κ1) is 16.5. The highest BCUT2D eigenvalue weighted by molar-refractivity contribution is 5.79. The Morgan fingerprint density at radius 2 is 1.84 bits per heavy atom. The molecule has 3 nitrogen and oxygen atoms in total. The molecular weight excluding hydrogens is 236 g/mol. The lowest BCUT2D eigenvalue weighted by molar-refractivity contribution is -0.139. The monoisotopic (exact) mass is 268 g/mol. The fraction of sp³-hybridized carbons (Fsp3) is 0.938. The van der Waals surface area contributed by atoms with Gasteiger partial charge in [0, 0.05) is 24.5 Å². The maximum atomic E-state index is 12.7. The van der Waals surface area contributed by atoms with Crippen molar-refractivity contribution < 1.29 is 4.79 Å². The number of rotatable bonds is 5. The Bertz CT molecular complexity index is 288. The van der Waals surface area contributed by atoms with Crippen LogP contribution in [-0.4, -0.2) is 29.4 Å². The van der Waals surface area contributed by atoms with Crippen molar-refractivity contribution in [2.45, 2.75) is 72.4 Å². The van der Waals surface area contributed by atoms with Crippen LogP contribution in [0.1, 0.15) is 60.3 Å². The molecule has 0 radical (unpaired) electrons. The molecule has 1 saturated carbocycles. The maximum absolute atomic E-state index is 12.7. The van der Waals surface area contributed by atoms with Crippen molar-refractivity contribution in [1.82, 2.24) is 4.90 Å². The van der Waals surface area contributed by atoms with Gasteiger partial charge in [-0.1, -0.05) is 27.2 Å². The van der Waals surface area contributed by atoms with Gasteiger partial charge in [0.05, 0.1) is 0 Å². The molecule has 1 rings (SSSR count). The predicted octanol–water partition coefficient (Wildman–Crippen LogP) is 3.03. The first-order chi connectivity index (χ1) is 8.82. The number of amides is 1. The molecule has 3 atom stereocenters. The molecular formula is C16H32N2O. The highest BCUT2D eigenvalue weighted by Gasteiger charge is 2.32. The Labute approximate surface area is 118 Å². The number of hydrogen-bond donors (Lipinski definition) is 1. The molecule has 3 heteroatoms. The van der Waals surface area contributed by atoms with Gasteiger partial charge in [-0.15, -0.1) is 0 Å². The van der Waals surface area contributed by atoms with Crippen LogP contribution in [0.2, 0.25) is 0 Å². The van der Waals surface area contributed by atoms with E-state index >= 15 is 0 Å². The molecule has 2 N–H and O–H groups in total. The number of carbonyl (C=O) groups is 1. The lowest BCUT2D eigenvalue weighted by atomic mass is 9.78. The van der Waals surface area contributed by atoms with Gasteiger partial charge < -0.3 is 10.6 Å². The highest BCUT2D eigenvalue weighted by atomic mass is 16.2. The minimum absolute atomic E-state index is 0.118. The number of nitrogens with two attached hydrogens (primary N) is 1. The summed E-state index contributed by atoms with van der Waals surface area (Å²) in [5, 5.41) is 0. The van der Waals surface area contributed by atoms with Crippen molar-refractivity contribution in [3.05, 3.63) is 0 Å². The second-order valence-electron chi connectivity index (χ2n) is 6.95. The van der Waals surface area contributed by atoms with E-state index in [-0.39, 0.29) is 12.0 Å². The molecule has 0 aromatic carbocycles. The summed E-state index contributed by atoms with van der Waals surface area (Å²) in [6, 6.07) is 0.584. The quantitative estimate of drug-likeness (QED) is 0.833. The zero-order valence-corrected chi connectivity index (χ0v) is 13.4. The normalized spacial score (nSPS) is 25.7. The largest absolute Gasteiger partial charge is 0.340 e. The minimum atomic E-state index is 0.118. The summed E-state index contributed by atoms with van der Waals surface area (Å²) in [5.74, 6) is 1.44. The summed E-state index contributed by atoms with van der Waals surface area (Å²) in [6.07, 6.45) is 4.47. The SMILES string of the molecule is CC(C)CN(C(=O)C(C)C1CCCC(N)C1)C(C)C. The average Bonchev–Trinajstić information content (AvgIpc) is 2.33. The Morgan fingerprint density at radius 1 is 1.21 bits per heavy atom. The summed E-state index contributed by atoms with van der Waals surface area (Å²) in [5.41, 5.74) is 6.05. The van der Waals surface area contributed by atoms with Crippen LogP contribution in [0, 0.1) is 17.8 Å².